The Morgan fingerprint density at radius 2 is 1.72 bits per heavy atom. The molecule has 3 saturated heterocycles. The Morgan fingerprint density at radius 3 is 2.43 bits per heavy atom. The molecule has 10 rings (SSSR count). The van der Waals surface area contributed by atoms with Crippen molar-refractivity contribution >= 4 is 34.8 Å². The third-order valence-corrected chi connectivity index (χ3v) is 18.4. The molecule has 13 heteroatoms. The highest BCUT2D eigenvalue weighted by molar-refractivity contribution is 6.35. The normalized spacial score (nSPS) is 36.7. The van der Waals surface area contributed by atoms with Crippen LogP contribution in [-0.4, -0.2) is 100 Å². The molecule has 7 aliphatic rings. The molecule has 3 aromatic rings. The maximum Gasteiger partial charge on any atom is 0.219 e. The molecule has 0 radical (unpaired) electrons. The fraction of sp³-hybridized carbons (Fsp3) is 0.692. The van der Waals surface area contributed by atoms with Gasteiger partial charge in [-0.1, -0.05) is 49.5 Å². The summed E-state index contributed by atoms with van der Waals surface area (Å²) in [6.45, 7) is 14.2. The van der Waals surface area contributed by atoms with Crippen LogP contribution in [0.4, 0.5) is 5.69 Å². The minimum Gasteiger partial charge on any atom is -0.491 e. The highest BCUT2D eigenvalue weighted by Gasteiger charge is 2.63. The van der Waals surface area contributed by atoms with Crippen molar-refractivity contribution in [2.45, 2.75) is 141 Å². The number of anilines is 1. The van der Waals surface area contributed by atoms with Crippen LogP contribution in [0.3, 0.4) is 0 Å². The summed E-state index contributed by atoms with van der Waals surface area (Å²) in [5.74, 6) is 3.48. The monoisotopic (exact) mass is 933 g/mol. The topological polar surface area (TPSA) is 122 Å². The van der Waals surface area contributed by atoms with Crippen LogP contribution in [0.2, 0.25) is 10.0 Å². The van der Waals surface area contributed by atoms with Gasteiger partial charge < -0.3 is 44.1 Å². The number of aliphatic hydroxyl groups is 2. The summed E-state index contributed by atoms with van der Waals surface area (Å²) in [5, 5.41) is 26.8. The lowest BCUT2D eigenvalue weighted by atomic mass is 9.44. The zero-order valence-corrected chi connectivity index (χ0v) is 40.6. The number of amides is 1. The first-order valence-electron chi connectivity index (χ1n) is 24.8. The molecule has 11 nitrogen and oxygen atoms in total. The summed E-state index contributed by atoms with van der Waals surface area (Å²) in [5.41, 5.74) is 2.00. The second kappa shape index (κ2) is 19.2. The van der Waals surface area contributed by atoms with Crippen LogP contribution >= 0.6 is 23.2 Å². The van der Waals surface area contributed by atoms with Gasteiger partial charge in [-0.05, 0) is 161 Å². The van der Waals surface area contributed by atoms with Gasteiger partial charge in [0.1, 0.15) is 18.5 Å². The standard InChI is InChI=1S/C26H28Cl2N4O4.C26H45NO2/c1-19(33)31-10-12-32(13-11-31)21-3-5-22(6-4-21)34-15-23-16-35-26(36-23,17-30-9-8-29-18-30)24-7-2-20(27)14-25(24)28;1-24-13-11-18(28)16-17(24)7-8-19-20-9-10-22(25(20,2)14-12-21(19)24)26(3,29)23-6-4-5-15-27-23/h2-9,14,18,23H,10-13,15-17H2,1H3;17-23,27-29H,4-16H2,1-3H3/t23-,26-;17-,18-,19?,20?,21?,22?,23?,24-,25-,26+/m00/s1. The van der Waals surface area contributed by atoms with Gasteiger partial charge in [0.25, 0.3) is 0 Å². The molecule has 0 bridgehead atoms. The molecule has 7 fully saturated rings. The number of nitrogens with one attached hydrogen (secondary N) is 1. The maximum atomic E-state index is 11.8. The average molecular weight is 935 g/mol. The van der Waals surface area contributed by atoms with E-state index in [9.17, 15) is 15.0 Å². The van der Waals surface area contributed by atoms with Gasteiger partial charge in [0, 0.05) is 67.8 Å². The number of fused-ring (bicyclic) bond motifs is 5. The van der Waals surface area contributed by atoms with Crippen molar-refractivity contribution in [3.8, 4) is 5.75 Å². The van der Waals surface area contributed by atoms with Gasteiger partial charge >= 0.3 is 0 Å². The minimum absolute atomic E-state index is 0.0487. The predicted octanol–water partition coefficient (Wildman–Crippen LogP) is 9.11. The second-order valence-electron chi connectivity index (χ2n) is 21.4. The van der Waals surface area contributed by atoms with E-state index in [1.54, 1.807) is 31.6 Å². The zero-order valence-electron chi connectivity index (χ0n) is 39.1. The van der Waals surface area contributed by atoms with Crippen LogP contribution in [0.15, 0.2) is 61.2 Å². The van der Waals surface area contributed by atoms with Crippen molar-refractivity contribution in [2.24, 2.45) is 40.4 Å². The largest absolute Gasteiger partial charge is 0.491 e. The van der Waals surface area contributed by atoms with Crippen LogP contribution in [0.5, 0.6) is 5.75 Å². The van der Waals surface area contributed by atoms with Crippen molar-refractivity contribution in [1.82, 2.24) is 19.8 Å². The number of ether oxygens (including phenoxy) is 3. The molecule has 1 amide bonds. The molecule has 0 spiro atoms. The van der Waals surface area contributed by atoms with Gasteiger partial charge in [0.05, 0.1) is 36.2 Å². The van der Waals surface area contributed by atoms with Crippen molar-refractivity contribution in [2.75, 3.05) is 50.8 Å². The first kappa shape index (κ1) is 47.2. The third-order valence-electron chi connectivity index (χ3n) is 17.9. The summed E-state index contributed by atoms with van der Waals surface area (Å²) >= 11 is 12.7. The van der Waals surface area contributed by atoms with E-state index in [1.807, 2.05) is 46.0 Å². The first-order chi connectivity index (χ1) is 31.2. The Hall–Kier alpha value is -2.90. The van der Waals surface area contributed by atoms with E-state index in [2.05, 4.69) is 36.0 Å². The van der Waals surface area contributed by atoms with Gasteiger partial charge in [0.2, 0.25) is 11.7 Å². The number of hydrogen-bond acceptors (Lipinski definition) is 9. The van der Waals surface area contributed by atoms with Gasteiger partial charge in [-0.3, -0.25) is 4.79 Å². The Kier molecular flexibility index (Phi) is 14.0. The molecular formula is C52H73Cl2N5O6. The average Bonchev–Trinajstić information content (AvgIpc) is 4.06. The van der Waals surface area contributed by atoms with Crippen LogP contribution in [0.25, 0.3) is 0 Å². The van der Waals surface area contributed by atoms with Gasteiger partial charge in [-0.15, -0.1) is 0 Å². The first-order valence-corrected chi connectivity index (χ1v) is 25.5. The molecule has 3 aliphatic heterocycles. The number of piperazine rings is 1. The lowest BCUT2D eigenvalue weighted by Crippen LogP contribution is -2.60. The molecule has 12 atom stereocenters. The van der Waals surface area contributed by atoms with Crippen LogP contribution < -0.4 is 15.0 Å². The molecule has 4 heterocycles. The third kappa shape index (κ3) is 9.47. The van der Waals surface area contributed by atoms with Gasteiger partial charge in [-0.2, -0.15) is 0 Å². The van der Waals surface area contributed by atoms with Gasteiger partial charge in [-0.25, -0.2) is 4.98 Å². The number of nitrogens with zero attached hydrogens (tertiary/aromatic N) is 4. The van der Waals surface area contributed by atoms with Gasteiger partial charge in [0.15, 0.2) is 0 Å². The molecule has 4 aliphatic carbocycles. The fourth-order valence-electron chi connectivity index (χ4n) is 14.4. The van der Waals surface area contributed by atoms with E-state index >= 15 is 0 Å². The van der Waals surface area contributed by atoms with Crippen LogP contribution in [-0.2, 0) is 26.6 Å². The number of halogens is 2. The van der Waals surface area contributed by atoms with E-state index in [-0.39, 0.29) is 24.2 Å². The summed E-state index contributed by atoms with van der Waals surface area (Å²) in [6, 6.07) is 13.6. The van der Waals surface area contributed by atoms with Crippen molar-refractivity contribution in [1.29, 1.82) is 0 Å². The number of aliphatic hydroxyl groups excluding tert-OH is 1. The predicted molar refractivity (Wildman–Crippen MR) is 255 cm³/mol. The smallest absolute Gasteiger partial charge is 0.219 e. The number of imidazole rings is 1. The summed E-state index contributed by atoms with van der Waals surface area (Å²) in [4.78, 5) is 19.8. The molecule has 3 N–H and O–H groups in total. The molecule has 65 heavy (non-hydrogen) atoms. The van der Waals surface area contributed by atoms with Crippen LogP contribution in [0, 0.1) is 40.4 Å². The summed E-state index contributed by atoms with van der Waals surface area (Å²) < 4.78 is 20.6. The van der Waals surface area contributed by atoms with E-state index in [1.165, 1.54) is 57.8 Å². The minimum atomic E-state index is -1.08. The number of rotatable bonds is 9. The quantitative estimate of drug-likeness (QED) is 0.193. The number of benzene rings is 2. The summed E-state index contributed by atoms with van der Waals surface area (Å²) in [6.07, 6.45) is 19.8. The van der Waals surface area contributed by atoms with E-state index in [0.717, 1.165) is 87.1 Å². The lowest BCUT2D eigenvalue weighted by molar-refractivity contribution is -0.189. The SMILES string of the molecule is CC(=O)N1CCN(c2ccc(OC[C@H]3CO[C@](Cn4ccnc4)(c4ccc(Cl)cc4Cl)O3)cc2)CC1.C[C@](O)(C1CCCCN1)C1CCC2C3CC[C@H]4C[C@@H](O)CC[C@]4(C)C3CC[C@@]21C. The highest BCUT2D eigenvalue weighted by Crippen LogP contribution is 2.69. The fourth-order valence-corrected chi connectivity index (χ4v) is 14.9. The zero-order chi connectivity index (χ0) is 45.6. The number of piperidine rings is 1. The molecular weight excluding hydrogens is 862 g/mol. The Labute approximate surface area is 396 Å². The van der Waals surface area contributed by atoms with Crippen molar-refractivity contribution < 1.29 is 29.2 Å². The molecule has 5 unspecified atom stereocenters. The number of carbonyl (C=O) groups is 1. The molecule has 1 aromatic heterocycles. The Morgan fingerprint density at radius 1 is 0.954 bits per heavy atom. The van der Waals surface area contributed by atoms with Crippen LogP contribution in [0.1, 0.15) is 110 Å². The molecule has 2 aromatic carbocycles. The number of aromatic nitrogens is 2. The molecule has 4 saturated carbocycles. The number of hydrogen-bond donors (Lipinski definition) is 3. The van der Waals surface area contributed by atoms with Crippen molar-refractivity contribution in [3.05, 3.63) is 76.8 Å². The van der Waals surface area contributed by atoms with E-state index < -0.39 is 11.4 Å². The van der Waals surface area contributed by atoms with E-state index in [4.69, 9.17) is 37.4 Å². The second-order valence-corrected chi connectivity index (χ2v) is 22.3. The number of carbonyl (C=O) groups excluding carboxylic acids is 1. The highest BCUT2D eigenvalue weighted by atomic mass is 35.5. The van der Waals surface area contributed by atoms with Crippen molar-refractivity contribution in [3.63, 3.8) is 0 Å². The lowest BCUT2D eigenvalue weighted by Gasteiger charge is -2.61. The Balaban J connectivity index is 0.000000168. The molecule has 356 valence electrons. The maximum absolute atomic E-state index is 11.8. The summed E-state index contributed by atoms with van der Waals surface area (Å²) in [7, 11) is 0. The Bertz CT molecular complexity index is 2080. The van der Waals surface area contributed by atoms with E-state index in [0.29, 0.717) is 52.1 Å².